The van der Waals surface area contributed by atoms with Crippen LogP contribution in [0, 0.1) is 11.8 Å². The average molecular weight is 292 g/mol. The zero-order valence-electron chi connectivity index (χ0n) is 13.6. The highest BCUT2D eigenvalue weighted by Crippen LogP contribution is 2.28. The predicted octanol–water partition coefficient (Wildman–Crippen LogP) is 2.94. The second kappa shape index (κ2) is 7.73. The summed E-state index contributed by atoms with van der Waals surface area (Å²) in [5.74, 6) is 1.27. The van der Waals surface area contributed by atoms with Gasteiger partial charge in [-0.3, -0.25) is 4.79 Å². The van der Waals surface area contributed by atoms with Crippen LogP contribution in [0.15, 0.2) is 0 Å². The standard InChI is InChI=1S/C18H32N2O/c21-18-16(14-19-10-3-1-4-11-19)8-7-9-17(18)15-20-12-5-2-6-13-20/h16-17H,1-15H2/t16-,17-/m1/s1. The lowest BCUT2D eigenvalue weighted by Crippen LogP contribution is -2.44. The fraction of sp³-hybridized carbons (Fsp3) is 0.944. The first-order chi connectivity index (χ1) is 10.3. The van der Waals surface area contributed by atoms with Crippen molar-refractivity contribution in [2.45, 2.75) is 57.8 Å². The molecule has 0 unspecified atom stereocenters. The summed E-state index contributed by atoms with van der Waals surface area (Å²) in [6.07, 6.45) is 11.6. The molecule has 3 aliphatic rings. The minimum Gasteiger partial charge on any atom is -0.303 e. The van der Waals surface area contributed by atoms with E-state index >= 15 is 0 Å². The second-order valence-electron chi connectivity index (χ2n) is 7.45. The van der Waals surface area contributed by atoms with E-state index in [1.54, 1.807) is 0 Å². The van der Waals surface area contributed by atoms with Crippen molar-refractivity contribution in [1.82, 2.24) is 9.80 Å². The summed E-state index contributed by atoms with van der Waals surface area (Å²) in [6, 6.07) is 0. The van der Waals surface area contributed by atoms with Gasteiger partial charge in [-0.1, -0.05) is 19.3 Å². The van der Waals surface area contributed by atoms with E-state index < -0.39 is 0 Å². The molecule has 0 aromatic carbocycles. The van der Waals surface area contributed by atoms with Crippen LogP contribution in [0.5, 0.6) is 0 Å². The highest BCUT2D eigenvalue weighted by Gasteiger charge is 2.33. The van der Waals surface area contributed by atoms with E-state index in [1.165, 1.54) is 71.1 Å². The third kappa shape index (κ3) is 4.29. The highest BCUT2D eigenvalue weighted by atomic mass is 16.1. The van der Waals surface area contributed by atoms with Gasteiger partial charge in [0.1, 0.15) is 5.78 Å². The Bertz CT molecular complexity index is 302. The minimum atomic E-state index is 0.339. The molecule has 3 heteroatoms. The van der Waals surface area contributed by atoms with Gasteiger partial charge in [0.2, 0.25) is 0 Å². The monoisotopic (exact) mass is 292 g/mol. The molecular weight excluding hydrogens is 260 g/mol. The van der Waals surface area contributed by atoms with Crippen LogP contribution in [-0.2, 0) is 4.79 Å². The van der Waals surface area contributed by atoms with Gasteiger partial charge >= 0.3 is 0 Å². The number of hydrogen-bond donors (Lipinski definition) is 0. The number of likely N-dealkylation sites (tertiary alicyclic amines) is 2. The molecule has 1 saturated carbocycles. The van der Waals surface area contributed by atoms with E-state index in [0.717, 1.165) is 25.9 Å². The number of piperidine rings is 2. The molecule has 0 radical (unpaired) electrons. The maximum absolute atomic E-state index is 12.8. The lowest BCUT2D eigenvalue weighted by molar-refractivity contribution is -0.130. The van der Waals surface area contributed by atoms with E-state index in [4.69, 9.17) is 0 Å². The van der Waals surface area contributed by atoms with Gasteiger partial charge in [0.15, 0.2) is 0 Å². The number of rotatable bonds is 4. The molecule has 2 aliphatic heterocycles. The summed E-state index contributed by atoms with van der Waals surface area (Å²) in [6.45, 7) is 6.99. The van der Waals surface area contributed by atoms with Crippen molar-refractivity contribution in [3.8, 4) is 0 Å². The Balaban J connectivity index is 1.50. The SMILES string of the molecule is O=C1[C@@H](CN2CCCCC2)CCC[C@@H]1CN1CCCCC1. The lowest BCUT2D eigenvalue weighted by Gasteiger charge is -2.36. The van der Waals surface area contributed by atoms with Crippen LogP contribution in [0.1, 0.15) is 57.8 Å². The number of nitrogens with zero attached hydrogens (tertiary/aromatic N) is 2. The van der Waals surface area contributed by atoms with Crippen LogP contribution in [-0.4, -0.2) is 54.9 Å². The molecule has 3 rings (SSSR count). The van der Waals surface area contributed by atoms with E-state index in [2.05, 4.69) is 9.80 Å². The molecule has 0 aromatic heterocycles. The summed E-state index contributed by atoms with van der Waals surface area (Å²) >= 11 is 0. The molecule has 1 aliphatic carbocycles. The number of carbonyl (C=O) groups excluding carboxylic acids is 1. The molecule has 3 fully saturated rings. The molecule has 2 saturated heterocycles. The molecule has 2 atom stereocenters. The normalized spacial score (nSPS) is 33.2. The van der Waals surface area contributed by atoms with Gasteiger partial charge in [-0.2, -0.15) is 0 Å². The first-order valence-electron chi connectivity index (χ1n) is 9.31. The van der Waals surface area contributed by atoms with Crippen LogP contribution < -0.4 is 0 Å². The van der Waals surface area contributed by atoms with Gasteiger partial charge in [-0.15, -0.1) is 0 Å². The average Bonchev–Trinajstić information content (AvgIpc) is 2.53. The zero-order valence-corrected chi connectivity index (χ0v) is 13.6. The van der Waals surface area contributed by atoms with Crippen LogP contribution in [0.25, 0.3) is 0 Å². The van der Waals surface area contributed by atoms with Gasteiger partial charge in [-0.25, -0.2) is 0 Å². The molecule has 0 N–H and O–H groups in total. The molecular formula is C18H32N2O. The molecule has 0 aromatic rings. The molecule has 2 heterocycles. The Hall–Kier alpha value is -0.410. The second-order valence-corrected chi connectivity index (χ2v) is 7.45. The van der Waals surface area contributed by atoms with Crippen molar-refractivity contribution in [1.29, 1.82) is 0 Å². The van der Waals surface area contributed by atoms with Gasteiger partial charge in [0.25, 0.3) is 0 Å². The van der Waals surface area contributed by atoms with Crippen LogP contribution in [0.4, 0.5) is 0 Å². The van der Waals surface area contributed by atoms with Crippen LogP contribution >= 0.6 is 0 Å². The topological polar surface area (TPSA) is 23.6 Å². The summed E-state index contributed by atoms with van der Waals surface area (Å²) in [5, 5.41) is 0. The van der Waals surface area contributed by atoms with Crippen molar-refractivity contribution in [3.05, 3.63) is 0 Å². The smallest absolute Gasteiger partial charge is 0.141 e. The predicted molar refractivity (Wildman–Crippen MR) is 86.4 cm³/mol. The fourth-order valence-corrected chi connectivity index (χ4v) is 4.50. The van der Waals surface area contributed by atoms with Crippen molar-refractivity contribution in [3.63, 3.8) is 0 Å². The summed E-state index contributed by atoms with van der Waals surface area (Å²) in [4.78, 5) is 17.9. The third-order valence-corrected chi connectivity index (χ3v) is 5.76. The Morgan fingerprint density at radius 1 is 0.667 bits per heavy atom. The van der Waals surface area contributed by atoms with Crippen molar-refractivity contribution >= 4 is 5.78 Å². The number of ketones is 1. The Labute approximate surface area is 130 Å². The Morgan fingerprint density at radius 2 is 1.10 bits per heavy atom. The summed E-state index contributed by atoms with van der Waals surface area (Å²) in [7, 11) is 0. The molecule has 0 bridgehead atoms. The zero-order chi connectivity index (χ0) is 14.5. The molecule has 21 heavy (non-hydrogen) atoms. The number of carbonyl (C=O) groups is 1. The van der Waals surface area contributed by atoms with Crippen molar-refractivity contribution in [2.75, 3.05) is 39.3 Å². The van der Waals surface area contributed by atoms with Gasteiger partial charge in [0.05, 0.1) is 0 Å². The summed E-state index contributed by atoms with van der Waals surface area (Å²) < 4.78 is 0. The number of Topliss-reactive ketones (excluding diaryl/α,β-unsaturated/α-hetero) is 1. The highest BCUT2D eigenvalue weighted by molar-refractivity contribution is 5.84. The first-order valence-corrected chi connectivity index (χ1v) is 9.31. The molecule has 0 spiro atoms. The van der Waals surface area contributed by atoms with Gasteiger partial charge in [-0.05, 0) is 64.7 Å². The first kappa shape index (κ1) is 15.5. The molecule has 120 valence electrons. The van der Waals surface area contributed by atoms with E-state index in [-0.39, 0.29) is 0 Å². The third-order valence-electron chi connectivity index (χ3n) is 5.76. The van der Waals surface area contributed by atoms with Gasteiger partial charge in [0, 0.05) is 24.9 Å². The van der Waals surface area contributed by atoms with E-state index in [1.807, 2.05) is 0 Å². The van der Waals surface area contributed by atoms with E-state index in [0.29, 0.717) is 17.6 Å². The fourth-order valence-electron chi connectivity index (χ4n) is 4.50. The van der Waals surface area contributed by atoms with Gasteiger partial charge < -0.3 is 9.80 Å². The maximum Gasteiger partial charge on any atom is 0.141 e. The van der Waals surface area contributed by atoms with Crippen LogP contribution in [0.3, 0.4) is 0 Å². The molecule has 3 nitrogen and oxygen atoms in total. The van der Waals surface area contributed by atoms with Crippen LogP contribution in [0.2, 0.25) is 0 Å². The number of hydrogen-bond acceptors (Lipinski definition) is 3. The Kier molecular flexibility index (Phi) is 5.70. The largest absolute Gasteiger partial charge is 0.303 e. The van der Waals surface area contributed by atoms with E-state index in [9.17, 15) is 4.79 Å². The maximum atomic E-state index is 12.8. The minimum absolute atomic E-state index is 0.339. The quantitative estimate of drug-likeness (QED) is 0.796. The van der Waals surface area contributed by atoms with Crippen molar-refractivity contribution in [2.24, 2.45) is 11.8 Å². The Morgan fingerprint density at radius 3 is 1.52 bits per heavy atom. The lowest BCUT2D eigenvalue weighted by atomic mass is 9.79. The summed E-state index contributed by atoms with van der Waals surface area (Å²) in [5.41, 5.74) is 0. The molecule has 0 amide bonds. The van der Waals surface area contributed by atoms with Crippen molar-refractivity contribution < 1.29 is 4.79 Å².